The van der Waals surface area contributed by atoms with Crippen LogP contribution in [0, 0.1) is 17.7 Å². The van der Waals surface area contributed by atoms with Crippen molar-refractivity contribution in [1.82, 2.24) is 4.90 Å². The van der Waals surface area contributed by atoms with E-state index >= 15 is 0 Å². The quantitative estimate of drug-likeness (QED) is 0.819. The van der Waals surface area contributed by atoms with E-state index in [2.05, 4.69) is 20.8 Å². The third-order valence-corrected chi connectivity index (χ3v) is 4.85. The minimum atomic E-state index is -0.139. The summed E-state index contributed by atoms with van der Waals surface area (Å²) in [4.78, 5) is 2.43. The lowest BCUT2D eigenvalue weighted by atomic mass is 10.0. The number of rotatable bonds is 7. The summed E-state index contributed by atoms with van der Waals surface area (Å²) in [7, 11) is 0. The fourth-order valence-corrected chi connectivity index (χ4v) is 3.21. The Balaban J connectivity index is 1.81. The summed E-state index contributed by atoms with van der Waals surface area (Å²) in [5.74, 6) is 1.47. The van der Waals surface area contributed by atoms with Gasteiger partial charge < -0.3 is 5.73 Å². The van der Waals surface area contributed by atoms with Gasteiger partial charge in [0.1, 0.15) is 5.82 Å². The molecule has 1 unspecified atom stereocenters. The van der Waals surface area contributed by atoms with Gasteiger partial charge in [0.15, 0.2) is 0 Å². The van der Waals surface area contributed by atoms with Crippen LogP contribution in [0.2, 0.25) is 0 Å². The van der Waals surface area contributed by atoms with Crippen LogP contribution >= 0.6 is 15.9 Å². The third kappa shape index (κ3) is 3.60. The monoisotopic (exact) mass is 340 g/mol. The highest BCUT2D eigenvalue weighted by molar-refractivity contribution is 9.10. The van der Waals surface area contributed by atoms with Crippen molar-refractivity contribution < 1.29 is 4.39 Å². The molecular weight excluding hydrogens is 319 g/mol. The fraction of sp³-hybridized carbons (Fsp3) is 0.625. The molecule has 2 fully saturated rings. The average molecular weight is 341 g/mol. The Kier molecular flexibility index (Phi) is 4.43. The molecule has 2 saturated carbocycles. The van der Waals surface area contributed by atoms with E-state index in [0.29, 0.717) is 6.54 Å². The molecule has 0 spiro atoms. The van der Waals surface area contributed by atoms with Crippen LogP contribution < -0.4 is 5.73 Å². The van der Waals surface area contributed by atoms with Crippen LogP contribution in [0.25, 0.3) is 0 Å². The highest BCUT2D eigenvalue weighted by Crippen LogP contribution is 2.37. The van der Waals surface area contributed by atoms with Crippen molar-refractivity contribution in [3.05, 3.63) is 34.1 Å². The number of halogens is 2. The average Bonchev–Trinajstić information content (AvgIpc) is 3.30. The highest BCUT2D eigenvalue weighted by atomic mass is 79.9. The maximum absolute atomic E-state index is 14.2. The number of nitrogens with two attached hydrogens (primary N) is 1. The van der Waals surface area contributed by atoms with Crippen LogP contribution in [-0.4, -0.2) is 24.5 Å². The molecular formula is C16H22BrFN2. The van der Waals surface area contributed by atoms with Crippen molar-refractivity contribution in [2.24, 2.45) is 17.6 Å². The van der Waals surface area contributed by atoms with Crippen LogP contribution in [-0.2, 0) is 0 Å². The van der Waals surface area contributed by atoms with Gasteiger partial charge in [-0.05, 0) is 55.7 Å². The van der Waals surface area contributed by atoms with Crippen molar-refractivity contribution in [2.75, 3.05) is 19.6 Å². The second-order valence-electron chi connectivity index (χ2n) is 6.26. The summed E-state index contributed by atoms with van der Waals surface area (Å²) in [5.41, 5.74) is 6.73. The Bertz CT molecular complexity index is 458. The number of hydrogen-bond acceptors (Lipinski definition) is 2. The Morgan fingerprint density at radius 3 is 2.30 bits per heavy atom. The standard InChI is InChI=1S/C16H22BrFN2/c17-13-5-6-15(18)14(7-13)16(8-19)20(9-11-1-2-11)10-12-3-4-12/h5-7,11-12,16H,1-4,8-10,19H2. The van der Waals surface area contributed by atoms with Gasteiger partial charge in [-0.25, -0.2) is 4.39 Å². The molecule has 3 rings (SSSR count). The summed E-state index contributed by atoms with van der Waals surface area (Å²) >= 11 is 3.44. The molecule has 2 aliphatic carbocycles. The highest BCUT2D eigenvalue weighted by Gasteiger charge is 2.33. The van der Waals surface area contributed by atoms with Crippen molar-refractivity contribution >= 4 is 15.9 Å². The minimum Gasteiger partial charge on any atom is -0.329 e. The Hall–Kier alpha value is -0.450. The lowest BCUT2D eigenvalue weighted by Crippen LogP contribution is -2.37. The van der Waals surface area contributed by atoms with Crippen LogP contribution in [0.15, 0.2) is 22.7 Å². The predicted octanol–water partition coefficient (Wildman–Crippen LogP) is 3.71. The minimum absolute atomic E-state index is 0.00806. The smallest absolute Gasteiger partial charge is 0.128 e. The number of nitrogens with zero attached hydrogens (tertiary/aromatic N) is 1. The van der Waals surface area contributed by atoms with Crippen LogP contribution in [0.4, 0.5) is 4.39 Å². The van der Waals surface area contributed by atoms with Crippen LogP contribution in [0.3, 0.4) is 0 Å². The molecule has 2 N–H and O–H groups in total. The van der Waals surface area contributed by atoms with Gasteiger partial charge in [-0.2, -0.15) is 0 Å². The molecule has 0 radical (unpaired) electrons. The van der Waals surface area contributed by atoms with Crippen molar-refractivity contribution in [1.29, 1.82) is 0 Å². The fourth-order valence-electron chi connectivity index (χ4n) is 2.84. The molecule has 0 saturated heterocycles. The zero-order chi connectivity index (χ0) is 14.1. The van der Waals surface area contributed by atoms with Crippen LogP contribution in [0.5, 0.6) is 0 Å². The van der Waals surface area contributed by atoms with E-state index in [-0.39, 0.29) is 11.9 Å². The zero-order valence-corrected chi connectivity index (χ0v) is 13.3. The number of benzene rings is 1. The SMILES string of the molecule is NCC(c1cc(Br)ccc1F)N(CC1CC1)CC1CC1. The summed E-state index contributed by atoms with van der Waals surface area (Å²) in [6, 6.07) is 5.18. The molecule has 4 heteroatoms. The Labute approximate surface area is 128 Å². The van der Waals surface area contributed by atoms with Crippen molar-refractivity contribution in [3.8, 4) is 0 Å². The summed E-state index contributed by atoms with van der Waals surface area (Å²) in [5, 5.41) is 0. The van der Waals surface area contributed by atoms with Gasteiger partial charge in [-0.3, -0.25) is 4.90 Å². The van der Waals surface area contributed by atoms with Gasteiger partial charge >= 0.3 is 0 Å². The predicted molar refractivity (Wildman–Crippen MR) is 82.9 cm³/mol. The first-order valence-corrected chi connectivity index (χ1v) is 8.35. The first-order chi connectivity index (χ1) is 9.67. The second kappa shape index (κ2) is 6.12. The maximum atomic E-state index is 14.2. The molecule has 1 atom stereocenters. The summed E-state index contributed by atoms with van der Waals surface area (Å²) in [6.07, 6.45) is 5.28. The molecule has 0 amide bonds. The Morgan fingerprint density at radius 2 is 1.80 bits per heavy atom. The van der Waals surface area contributed by atoms with Crippen molar-refractivity contribution in [3.63, 3.8) is 0 Å². The van der Waals surface area contributed by atoms with E-state index in [1.54, 1.807) is 6.07 Å². The zero-order valence-electron chi connectivity index (χ0n) is 11.7. The van der Waals surface area contributed by atoms with E-state index in [0.717, 1.165) is 35.0 Å². The van der Waals surface area contributed by atoms with E-state index in [1.165, 1.54) is 31.7 Å². The normalized spacial score (nSPS) is 20.4. The van der Waals surface area contributed by atoms with Crippen molar-refractivity contribution in [2.45, 2.75) is 31.7 Å². The summed E-state index contributed by atoms with van der Waals surface area (Å²) in [6.45, 7) is 2.63. The maximum Gasteiger partial charge on any atom is 0.128 e. The summed E-state index contributed by atoms with van der Waals surface area (Å²) < 4.78 is 15.1. The lowest BCUT2D eigenvalue weighted by molar-refractivity contribution is 0.181. The first kappa shape index (κ1) is 14.5. The van der Waals surface area contributed by atoms with Gasteiger partial charge in [0.05, 0.1) is 0 Å². The molecule has 0 aromatic heterocycles. The molecule has 2 aliphatic rings. The van der Waals surface area contributed by atoms with E-state index in [9.17, 15) is 4.39 Å². The second-order valence-corrected chi connectivity index (χ2v) is 7.17. The first-order valence-electron chi connectivity index (χ1n) is 7.56. The van der Waals surface area contributed by atoms with Gasteiger partial charge in [0.25, 0.3) is 0 Å². The topological polar surface area (TPSA) is 29.3 Å². The largest absolute Gasteiger partial charge is 0.329 e. The van der Waals surface area contributed by atoms with Crippen LogP contribution in [0.1, 0.15) is 37.3 Å². The number of hydrogen-bond donors (Lipinski definition) is 1. The third-order valence-electron chi connectivity index (χ3n) is 4.36. The molecule has 0 bridgehead atoms. The molecule has 0 heterocycles. The van der Waals surface area contributed by atoms with Gasteiger partial charge in [-0.15, -0.1) is 0 Å². The van der Waals surface area contributed by atoms with E-state index < -0.39 is 0 Å². The molecule has 110 valence electrons. The van der Waals surface area contributed by atoms with Gasteiger partial charge in [0, 0.05) is 35.7 Å². The van der Waals surface area contributed by atoms with Gasteiger partial charge in [0.2, 0.25) is 0 Å². The van der Waals surface area contributed by atoms with E-state index in [4.69, 9.17) is 5.73 Å². The van der Waals surface area contributed by atoms with E-state index in [1.807, 2.05) is 6.07 Å². The molecule has 2 nitrogen and oxygen atoms in total. The Morgan fingerprint density at radius 1 is 1.20 bits per heavy atom. The molecule has 20 heavy (non-hydrogen) atoms. The lowest BCUT2D eigenvalue weighted by Gasteiger charge is -2.32. The molecule has 1 aromatic rings. The van der Waals surface area contributed by atoms with Gasteiger partial charge in [-0.1, -0.05) is 15.9 Å². The molecule has 1 aromatic carbocycles. The molecule has 0 aliphatic heterocycles.